The molecule has 0 radical (unpaired) electrons. The lowest BCUT2D eigenvalue weighted by Crippen LogP contribution is -1.89. The molecule has 2 aromatic rings. The molecule has 0 unspecified atom stereocenters. The van der Waals surface area contributed by atoms with Gasteiger partial charge in [-0.3, -0.25) is 4.68 Å². The van der Waals surface area contributed by atoms with Crippen molar-refractivity contribution in [1.29, 1.82) is 5.26 Å². The van der Waals surface area contributed by atoms with Crippen molar-refractivity contribution in [3.05, 3.63) is 29.7 Å². The fourth-order valence-corrected chi connectivity index (χ4v) is 1.35. The van der Waals surface area contributed by atoms with Crippen molar-refractivity contribution < 1.29 is 4.39 Å². The summed E-state index contributed by atoms with van der Waals surface area (Å²) >= 11 is 0. The zero-order valence-electron chi connectivity index (χ0n) is 6.95. The second-order valence-electron chi connectivity index (χ2n) is 2.72. The van der Waals surface area contributed by atoms with E-state index in [1.165, 1.54) is 10.7 Å². The van der Waals surface area contributed by atoms with Crippen molar-refractivity contribution in [3.63, 3.8) is 0 Å². The molecule has 0 spiro atoms. The van der Waals surface area contributed by atoms with E-state index in [1.54, 1.807) is 19.2 Å². The summed E-state index contributed by atoms with van der Waals surface area (Å²) in [6.07, 6.45) is 0. The van der Waals surface area contributed by atoms with Crippen LogP contribution in [0.4, 0.5) is 4.39 Å². The van der Waals surface area contributed by atoms with Gasteiger partial charge in [0, 0.05) is 7.05 Å². The standard InChI is InChI=1S/C9H6FN3/c1-13-8-4-2-3-6(10)9(8)7(5-11)12-13/h2-4H,1H3. The van der Waals surface area contributed by atoms with E-state index in [0.717, 1.165) is 0 Å². The van der Waals surface area contributed by atoms with Gasteiger partial charge in [0.2, 0.25) is 0 Å². The lowest BCUT2D eigenvalue weighted by atomic mass is 10.2. The number of fused-ring (bicyclic) bond motifs is 1. The molecule has 0 aliphatic rings. The maximum Gasteiger partial charge on any atom is 0.173 e. The van der Waals surface area contributed by atoms with E-state index < -0.39 is 5.82 Å². The molecule has 0 aliphatic heterocycles. The molecule has 3 nitrogen and oxygen atoms in total. The number of benzene rings is 1. The number of rotatable bonds is 0. The highest BCUT2D eigenvalue weighted by atomic mass is 19.1. The van der Waals surface area contributed by atoms with Gasteiger partial charge in [0.1, 0.15) is 11.9 Å². The fraction of sp³-hybridized carbons (Fsp3) is 0.111. The number of halogens is 1. The van der Waals surface area contributed by atoms with Crippen LogP contribution in [0.15, 0.2) is 18.2 Å². The predicted octanol–water partition coefficient (Wildman–Crippen LogP) is 1.58. The number of hydrogen-bond donors (Lipinski definition) is 0. The average molecular weight is 175 g/mol. The van der Waals surface area contributed by atoms with E-state index >= 15 is 0 Å². The molecular formula is C9H6FN3. The number of nitriles is 1. The molecule has 4 heteroatoms. The molecule has 64 valence electrons. The van der Waals surface area contributed by atoms with Gasteiger partial charge in [0.15, 0.2) is 5.69 Å². The minimum atomic E-state index is -0.401. The minimum Gasteiger partial charge on any atom is -0.266 e. The van der Waals surface area contributed by atoms with Gasteiger partial charge in [-0.15, -0.1) is 0 Å². The number of hydrogen-bond acceptors (Lipinski definition) is 2. The molecule has 0 fully saturated rings. The first kappa shape index (κ1) is 7.74. The van der Waals surface area contributed by atoms with Crippen LogP contribution < -0.4 is 0 Å². The molecule has 0 N–H and O–H groups in total. The summed E-state index contributed by atoms with van der Waals surface area (Å²) in [4.78, 5) is 0. The highest BCUT2D eigenvalue weighted by Gasteiger charge is 2.11. The van der Waals surface area contributed by atoms with Gasteiger partial charge >= 0.3 is 0 Å². The van der Waals surface area contributed by atoms with Crippen molar-refractivity contribution in [1.82, 2.24) is 9.78 Å². The van der Waals surface area contributed by atoms with E-state index in [2.05, 4.69) is 5.10 Å². The highest BCUT2D eigenvalue weighted by Crippen LogP contribution is 2.20. The number of aryl methyl sites for hydroxylation is 1. The Kier molecular flexibility index (Phi) is 1.52. The van der Waals surface area contributed by atoms with Crippen LogP contribution in [0.3, 0.4) is 0 Å². The van der Waals surface area contributed by atoms with Gasteiger partial charge < -0.3 is 0 Å². The van der Waals surface area contributed by atoms with Gasteiger partial charge in [0.25, 0.3) is 0 Å². The van der Waals surface area contributed by atoms with Gasteiger partial charge in [-0.2, -0.15) is 10.4 Å². The summed E-state index contributed by atoms with van der Waals surface area (Å²) in [6.45, 7) is 0. The third-order valence-corrected chi connectivity index (χ3v) is 1.93. The first-order valence-corrected chi connectivity index (χ1v) is 3.75. The predicted molar refractivity (Wildman–Crippen MR) is 45.4 cm³/mol. The Bertz CT molecular complexity index is 507. The van der Waals surface area contributed by atoms with E-state index in [-0.39, 0.29) is 5.69 Å². The van der Waals surface area contributed by atoms with Crippen LogP contribution in [0, 0.1) is 17.1 Å². The summed E-state index contributed by atoms with van der Waals surface area (Å²) in [6, 6.07) is 6.51. The van der Waals surface area contributed by atoms with Gasteiger partial charge in [0.05, 0.1) is 10.9 Å². The third kappa shape index (κ3) is 0.975. The maximum absolute atomic E-state index is 13.2. The zero-order chi connectivity index (χ0) is 9.42. The molecule has 1 aromatic heterocycles. The Morgan fingerprint density at radius 2 is 2.31 bits per heavy atom. The summed E-state index contributed by atoms with van der Waals surface area (Å²) in [5.74, 6) is -0.401. The van der Waals surface area contributed by atoms with Crippen LogP contribution in [0.2, 0.25) is 0 Å². The Hall–Kier alpha value is -1.89. The molecule has 1 aromatic carbocycles. The van der Waals surface area contributed by atoms with Gasteiger partial charge in [-0.25, -0.2) is 4.39 Å². The van der Waals surface area contributed by atoms with Crippen molar-refractivity contribution in [3.8, 4) is 6.07 Å². The van der Waals surface area contributed by atoms with Crippen LogP contribution in [0.25, 0.3) is 10.9 Å². The van der Waals surface area contributed by atoms with E-state index in [0.29, 0.717) is 10.9 Å². The van der Waals surface area contributed by atoms with Crippen LogP contribution in [0.1, 0.15) is 5.69 Å². The molecule has 0 saturated heterocycles. The van der Waals surface area contributed by atoms with E-state index in [9.17, 15) is 4.39 Å². The topological polar surface area (TPSA) is 41.6 Å². The number of aromatic nitrogens is 2. The molecule has 0 saturated carbocycles. The lowest BCUT2D eigenvalue weighted by molar-refractivity contribution is 0.639. The number of nitrogens with zero attached hydrogens (tertiary/aromatic N) is 3. The molecule has 0 amide bonds. The van der Waals surface area contributed by atoms with Gasteiger partial charge in [-0.05, 0) is 12.1 Å². The molecule has 1 heterocycles. The Balaban J connectivity index is 2.99. The maximum atomic E-state index is 13.2. The third-order valence-electron chi connectivity index (χ3n) is 1.93. The molecule has 13 heavy (non-hydrogen) atoms. The first-order chi connectivity index (χ1) is 6.24. The Morgan fingerprint density at radius 1 is 1.54 bits per heavy atom. The highest BCUT2D eigenvalue weighted by molar-refractivity contribution is 5.84. The zero-order valence-corrected chi connectivity index (χ0v) is 6.95. The first-order valence-electron chi connectivity index (χ1n) is 3.75. The minimum absolute atomic E-state index is 0.135. The van der Waals surface area contributed by atoms with Crippen molar-refractivity contribution >= 4 is 10.9 Å². The molecule has 0 bridgehead atoms. The lowest BCUT2D eigenvalue weighted by Gasteiger charge is -1.92. The fourth-order valence-electron chi connectivity index (χ4n) is 1.35. The largest absolute Gasteiger partial charge is 0.266 e. The van der Waals surface area contributed by atoms with Crippen LogP contribution in [-0.4, -0.2) is 9.78 Å². The quantitative estimate of drug-likeness (QED) is 0.610. The van der Waals surface area contributed by atoms with Crippen molar-refractivity contribution in [2.45, 2.75) is 0 Å². The van der Waals surface area contributed by atoms with Crippen LogP contribution in [0.5, 0.6) is 0 Å². The van der Waals surface area contributed by atoms with Crippen LogP contribution >= 0.6 is 0 Å². The van der Waals surface area contributed by atoms with Crippen LogP contribution in [-0.2, 0) is 7.05 Å². The molecule has 0 atom stereocenters. The Morgan fingerprint density at radius 3 is 3.00 bits per heavy atom. The van der Waals surface area contributed by atoms with Crippen molar-refractivity contribution in [2.24, 2.45) is 7.05 Å². The van der Waals surface area contributed by atoms with E-state index in [1.807, 2.05) is 6.07 Å². The summed E-state index contributed by atoms with van der Waals surface area (Å²) in [7, 11) is 1.68. The molecule has 0 aliphatic carbocycles. The van der Waals surface area contributed by atoms with Crippen molar-refractivity contribution in [2.75, 3.05) is 0 Å². The summed E-state index contributed by atoms with van der Waals surface area (Å²) in [5, 5.41) is 12.9. The van der Waals surface area contributed by atoms with E-state index in [4.69, 9.17) is 5.26 Å². The SMILES string of the molecule is Cn1nc(C#N)c2c(F)cccc21. The van der Waals surface area contributed by atoms with Gasteiger partial charge in [-0.1, -0.05) is 6.07 Å². The second-order valence-corrected chi connectivity index (χ2v) is 2.72. The Labute approximate surface area is 74.0 Å². The average Bonchev–Trinajstić information content (AvgIpc) is 2.45. The summed E-state index contributed by atoms with van der Waals surface area (Å²) < 4.78 is 14.7. The summed E-state index contributed by atoms with van der Waals surface area (Å²) in [5.41, 5.74) is 0.771. The normalized spacial score (nSPS) is 10.2. The smallest absolute Gasteiger partial charge is 0.173 e. The second kappa shape index (κ2) is 2.56. The monoisotopic (exact) mass is 175 g/mol. The molecule has 2 rings (SSSR count). The molecular weight excluding hydrogens is 169 g/mol.